The highest BCUT2D eigenvalue weighted by Crippen LogP contribution is 2.36. The average Bonchev–Trinajstić information content (AvgIpc) is 2.85. The summed E-state index contributed by atoms with van der Waals surface area (Å²) >= 11 is 0. The monoisotopic (exact) mass is 536 g/mol. The van der Waals surface area contributed by atoms with Gasteiger partial charge in [-0.05, 0) is 75.1 Å². The molecule has 0 aliphatic carbocycles. The molecule has 1 heterocycles. The molecule has 4 aromatic rings. The summed E-state index contributed by atoms with van der Waals surface area (Å²) in [5, 5.41) is 3.53. The second-order valence-corrected chi connectivity index (χ2v) is 8.98. The lowest BCUT2D eigenvalue weighted by Gasteiger charge is -2.15. The van der Waals surface area contributed by atoms with Gasteiger partial charge in [0.15, 0.2) is 5.82 Å². The fourth-order valence-electron chi connectivity index (χ4n) is 3.92. The molecule has 0 amide bonds. The highest BCUT2D eigenvalue weighted by Gasteiger charge is 2.32. The van der Waals surface area contributed by atoms with E-state index in [-0.39, 0.29) is 22.5 Å². The van der Waals surface area contributed by atoms with Crippen molar-refractivity contribution < 1.29 is 30.7 Å². The highest BCUT2D eigenvalue weighted by atomic mass is 19.4. The number of alkyl halides is 6. The van der Waals surface area contributed by atoms with E-state index in [0.29, 0.717) is 35.4 Å². The molecule has 11 heteroatoms. The highest BCUT2D eigenvalue weighted by molar-refractivity contribution is 5.91. The SMILES string of the molecule is CN(C)CCCNc1nc(-c2cccc(-c3cc(C(F)(F)F)ccc3F)c2)nc2cc(C(F)(F)F)ccc12. The Morgan fingerprint density at radius 2 is 1.45 bits per heavy atom. The number of anilines is 1. The van der Waals surface area contributed by atoms with Gasteiger partial charge < -0.3 is 10.2 Å². The van der Waals surface area contributed by atoms with Crippen LogP contribution in [0.5, 0.6) is 0 Å². The third kappa shape index (κ3) is 6.21. The van der Waals surface area contributed by atoms with E-state index in [1.165, 1.54) is 24.3 Å². The predicted octanol–water partition coefficient (Wildman–Crippen LogP) is 7.50. The Morgan fingerprint density at radius 3 is 2.13 bits per heavy atom. The number of fused-ring (bicyclic) bond motifs is 1. The third-order valence-electron chi connectivity index (χ3n) is 5.82. The van der Waals surface area contributed by atoms with Crippen LogP contribution in [0.3, 0.4) is 0 Å². The molecule has 0 aliphatic heterocycles. The van der Waals surface area contributed by atoms with Crippen molar-refractivity contribution in [1.29, 1.82) is 0 Å². The fourth-order valence-corrected chi connectivity index (χ4v) is 3.92. The lowest BCUT2D eigenvalue weighted by molar-refractivity contribution is -0.138. The normalized spacial score (nSPS) is 12.4. The molecular formula is C27H23F7N4. The first kappa shape index (κ1) is 27.3. The van der Waals surface area contributed by atoms with Crippen LogP contribution in [0.25, 0.3) is 33.4 Å². The van der Waals surface area contributed by atoms with Gasteiger partial charge in [0, 0.05) is 23.1 Å². The van der Waals surface area contributed by atoms with Crippen LogP contribution in [0.15, 0.2) is 60.7 Å². The maximum absolute atomic E-state index is 14.5. The molecule has 0 fully saturated rings. The molecule has 0 saturated heterocycles. The maximum Gasteiger partial charge on any atom is 0.416 e. The Bertz CT molecular complexity index is 1450. The van der Waals surface area contributed by atoms with Crippen LogP contribution in [0.1, 0.15) is 17.5 Å². The zero-order chi connectivity index (χ0) is 27.7. The summed E-state index contributed by atoms with van der Waals surface area (Å²) in [5.74, 6) is -0.498. The van der Waals surface area contributed by atoms with Gasteiger partial charge in [-0.3, -0.25) is 0 Å². The van der Waals surface area contributed by atoms with Crippen LogP contribution in [0, 0.1) is 5.82 Å². The minimum atomic E-state index is -4.66. The second-order valence-electron chi connectivity index (χ2n) is 8.98. The maximum atomic E-state index is 14.5. The Kier molecular flexibility index (Phi) is 7.59. The molecule has 0 unspecified atom stereocenters. The van der Waals surface area contributed by atoms with Gasteiger partial charge in [0.25, 0.3) is 0 Å². The van der Waals surface area contributed by atoms with E-state index < -0.39 is 29.3 Å². The number of halogens is 7. The first-order valence-electron chi connectivity index (χ1n) is 11.6. The zero-order valence-electron chi connectivity index (χ0n) is 20.4. The fraction of sp³-hybridized carbons (Fsp3) is 0.259. The van der Waals surface area contributed by atoms with Gasteiger partial charge in [-0.15, -0.1) is 0 Å². The number of nitrogens with one attached hydrogen (secondary N) is 1. The number of aromatic nitrogens is 2. The van der Waals surface area contributed by atoms with Crippen molar-refractivity contribution in [3.05, 3.63) is 77.6 Å². The van der Waals surface area contributed by atoms with Crippen molar-refractivity contribution in [2.75, 3.05) is 32.5 Å². The molecule has 38 heavy (non-hydrogen) atoms. The van der Waals surface area contributed by atoms with E-state index in [0.717, 1.165) is 31.2 Å². The predicted molar refractivity (Wildman–Crippen MR) is 132 cm³/mol. The van der Waals surface area contributed by atoms with Gasteiger partial charge in [-0.2, -0.15) is 26.3 Å². The minimum absolute atomic E-state index is 0.0376. The molecular weight excluding hydrogens is 513 g/mol. The van der Waals surface area contributed by atoms with Crippen LogP contribution in [-0.4, -0.2) is 42.1 Å². The smallest absolute Gasteiger partial charge is 0.369 e. The van der Waals surface area contributed by atoms with Crippen molar-refractivity contribution in [3.63, 3.8) is 0 Å². The van der Waals surface area contributed by atoms with Crippen molar-refractivity contribution in [2.24, 2.45) is 0 Å². The molecule has 0 atom stereocenters. The second kappa shape index (κ2) is 10.6. The summed E-state index contributed by atoms with van der Waals surface area (Å²) in [5.41, 5.74) is -1.69. The molecule has 4 rings (SSSR count). The molecule has 200 valence electrons. The first-order chi connectivity index (χ1) is 17.8. The quantitative estimate of drug-likeness (QED) is 0.196. The van der Waals surface area contributed by atoms with E-state index in [9.17, 15) is 30.7 Å². The van der Waals surface area contributed by atoms with Crippen LogP contribution >= 0.6 is 0 Å². The van der Waals surface area contributed by atoms with Gasteiger partial charge >= 0.3 is 12.4 Å². The van der Waals surface area contributed by atoms with E-state index in [2.05, 4.69) is 15.3 Å². The number of hydrogen-bond acceptors (Lipinski definition) is 4. The third-order valence-corrected chi connectivity index (χ3v) is 5.82. The van der Waals surface area contributed by atoms with Gasteiger partial charge in [0.2, 0.25) is 0 Å². The van der Waals surface area contributed by atoms with Crippen molar-refractivity contribution in [1.82, 2.24) is 14.9 Å². The van der Waals surface area contributed by atoms with Crippen molar-refractivity contribution in [2.45, 2.75) is 18.8 Å². The van der Waals surface area contributed by atoms with Crippen molar-refractivity contribution >= 4 is 16.7 Å². The molecule has 0 radical (unpaired) electrons. The Morgan fingerprint density at radius 1 is 0.789 bits per heavy atom. The number of hydrogen-bond donors (Lipinski definition) is 1. The average molecular weight is 536 g/mol. The molecule has 0 spiro atoms. The van der Waals surface area contributed by atoms with Crippen LogP contribution in [0.4, 0.5) is 36.6 Å². The van der Waals surface area contributed by atoms with E-state index >= 15 is 0 Å². The topological polar surface area (TPSA) is 41.0 Å². The van der Waals surface area contributed by atoms with Crippen molar-refractivity contribution in [3.8, 4) is 22.5 Å². The molecule has 1 N–H and O–H groups in total. The minimum Gasteiger partial charge on any atom is -0.369 e. The molecule has 3 aromatic carbocycles. The summed E-state index contributed by atoms with van der Waals surface area (Å²) in [6.45, 7) is 1.26. The lowest BCUT2D eigenvalue weighted by Crippen LogP contribution is -2.17. The van der Waals surface area contributed by atoms with E-state index in [4.69, 9.17) is 0 Å². The summed E-state index contributed by atoms with van der Waals surface area (Å²) in [6, 6.07) is 11.2. The Balaban J connectivity index is 1.80. The van der Waals surface area contributed by atoms with Gasteiger partial charge in [0.1, 0.15) is 11.6 Å². The largest absolute Gasteiger partial charge is 0.416 e. The number of nitrogens with zero attached hydrogens (tertiary/aromatic N) is 3. The summed E-state index contributed by atoms with van der Waals surface area (Å²) in [7, 11) is 3.83. The Labute approximate surface area is 214 Å². The molecule has 0 aliphatic rings. The molecule has 0 saturated carbocycles. The van der Waals surface area contributed by atoms with Gasteiger partial charge in [0.05, 0.1) is 16.6 Å². The molecule has 0 bridgehead atoms. The summed E-state index contributed by atoms with van der Waals surface area (Å²) in [4.78, 5) is 10.8. The zero-order valence-corrected chi connectivity index (χ0v) is 20.4. The van der Waals surface area contributed by atoms with E-state index in [1.807, 2.05) is 19.0 Å². The number of benzene rings is 3. The molecule has 1 aromatic heterocycles. The van der Waals surface area contributed by atoms with Crippen LogP contribution < -0.4 is 5.32 Å². The van der Waals surface area contributed by atoms with Gasteiger partial charge in [-0.25, -0.2) is 14.4 Å². The standard InChI is InChI=1S/C27H23F7N4/c1-38(2)12-4-11-35-25-20-9-7-19(27(32,33)34)15-23(20)36-24(37-25)17-6-3-5-16(13-17)21-14-18(26(29,30)31)8-10-22(21)28/h3,5-10,13-15H,4,11-12H2,1-2H3,(H,35,36,37). The lowest BCUT2D eigenvalue weighted by atomic mass is 10.00. The van der Waals surface area contributed by atoms with Crippen LogP contribution in [0.2, 0.25) is 0 Å². The molecule has 4 nitrogen and oxygen atoms in total. The summed E-state index contributed by atoms with van der Waals surface area (Å²) in [6.07, 6.45) is -8.51. The number of rotatable bonds is 7. The van der Waals surface area contributed by atoms with Gasteiger partial charge in [-0.1, -0.05) is 18.2 Å². The first-order valence-corrected chi connectivity index (χ1v) is 11.6. The van der Waals surface area contributed by atoms with E-state index in [1.54, 1.807) is 6.07 Å². The van der Waals surface area contributed by atoms with Crippen LogP contribution in [-0.2, 0) is 12.4 Å². The summed E-state index contributed by atoms with van der Waals surface area (Å²) < 4.78 is 94.3. The Hall–Kier alpha value is -3.73.